The quantitative estimate of drug-likeness (QED) is 0.666. The molecule has 8 heteroatoms. The first-order chi connectivity index (χ1) is 16.1. The van der Waals surface area contributed by atoms with Gasteiger partial charge in [0.1, 0.15) is 0 Å². The summed E-state index contributed by atoms with van der Waals surface area (Å²) in [6.07, 6.45) is 3.21. The van der Waals surface area contributed by atoms with Crippen LogP contribution in [0.25, 0.3) is 0 Å². The van der Waals surface area contributed by atoms with E-state index >= 15 is 0 Å². The van der Waals surface area contributed by atoms with E-state index in [1.54, 1.807) is 36.4 Å². The zero-order chi connectivity index (χ0) is 23.0. The highest BCUT2D eigenvalue weighted by Crippen LogP contribution is 2.31. The topological polar surface area (TPSA) is 95.1 Å². The standard InChI is InChI=1S/C25H30N2O6/c1-2-5-19(27-25(29)18-7-9-21-23(15-18)33-13-4-11-31-21)16-26-24(28)17-6-8-20-22(14-17)32-12-3-10-30-20/h6-9,14-15,19H,2-5,10-13,16H2,1H3,(H,26,28)(H,27,29). The van der Waals surface area contributed by atoms with Crippen molar-refractivity contribution in [3.05, 3.63) is 47.5 Å². The highest BCUT2D eigenvalue weighted by atomic mass is 16.5. The van der Waals surface area contributed by atoms with E-state index in [9.17, 15) is 9.59 Å². The second kappa shape index (κ2) is 10.9. The summed E-state index contributed by atoms with van der Waals surface area (Å²) in [7, 11) is 0. The van der Waals surface area contributed by atoms with Crippen LogP contribution >= 0.6 is 0 Å². The lowest BCUT2D eigenvalue weighted by atomic mass is 10.1. The normalized spacial score (nSPS) is 15.5. The highest BCUT2D eigenvalue weighted by molar-refractivity contribution is 5.96. The van der Waals surface area contributed by atoms with Crippen LogP contribution in [0.5, 0.6) is 23.0 Å². The number of amides is 2. The maximum atomic E-state index is 12.9. The Bertz CT molecular complexity index is 993. The smallest absolute Gasteiger partial charge is 0.251 e. The lowest BCUT2D eigenvalue weighted by Crippen LogP contribution is -2.43. The number of carbonyl (C=O) groups excluding carboxylic acids is 2. The second-order valence-electron chi connectivity index (χ2n) is 8.09. The van der Waals surface area contributed by atoms with Crippen molar-refractivity contribution in [1.29, 1.82) is 0 Å². The molecule has 0 saturated carbocycles. The molecule has 4 rings (SSSR count). The van der Waals surface area contributed by atoms with Crippen LogP contribution in [0.4, 0.5) is 0 Å². The van der Waals surface area contributed by atoms with Crippen LogP contribution in [0.15, 0.2) is 36.4 Å². The molecule has 2 aromatic carbocycles. The van der Waals surface area contributed by atoms with E-state index in [1.807, 2.05) is 6.92 Å². The number of hydrogen-bond acceptors (Lipinski definition) is 6. The summed E-state index contributed by atoms with van der Waals surface area (Å²) >= 11 is 0. The second-order valence-corrected chi connectivity index (χ2v) is 8.09. The number of benzene rings is 2. The maximum absolute atomic E-state index is 12.9. The van der Waals surface area contributed by atoms with Gasteiger partial charge < -0.3 is 29.6 Å². The van der Waals surface area contributed by atoms with Gasteiger partial charge >= 0.3 is 0 Å². The van der Waals surface area contributed by atoms with Crippen molar-refractivity contribution >= 4 is 11.8 Å². The Morgan fingerprint density at radius 1 is 0.788 bits per heavy atom. The third-order valence-electron chi connectivity index (χ3n) is 5.50. The Balaban J connectivity index is 1.37. The van der Waals surface area contributed by atoms with Crippen molar-refractivity contribution in [2.45, 2.75) is 38.6 Å². The number of rotatable bonds is 7. The van der Waals surface area contributed by atoms with Gasteiger partial charge in [-0.2, -0.15) is 0 Å². The Kier molecular flexibility index (Phi) is 7.55. The molecule has 2 heterocycles. The van der Waals surface area contributed by atoms with Gasteiger partial charge in [0.2, 0.25) is 0 Å². The molecule has 1 unspecified atom stereocenters. The van der Waals surface area contributed by atoms with Crippen LogP contribution in [0.1, 0.15) is 53.3 Å². The van der Waals surface area contributed by atoms with Crippen molar-refractivity contribution in [1.82, 2.24) is 10.6 Å². The lowest BCUT2D eigenvalue weighted by molar-refractivity contribution is 0.0906. The molecule has 0 fully saturated rings. The molecule has 2 N–H and O–H groups in total. The van der Waals surface area contributed by atoms with Gasteiger partial charge in [-0.1, -0.05) is 13.3 Å². The Labute approximate surface area is 193 Å². The minimum Gasteiger partial charge on any atom is -0.490 e. The van der Waals surface area contributed by atoms with E-state index in [0.29, 0.717) is 67.1 Å². The van der Waals surface area contributed by atoms with Gasteiger partial charge in [-0.15, -0.1) is 0 Å². The predicted octanol–water partition coefficient (Wildman–Crippen LogP) is 3.34. The lowest BCUT2D eigenvalue weighted by Gasteiger charge is -2.19. The zero-order valence-electron chi connectivity index (χ0n) is 18.9. The van der Waals surface area contributed by atoms with E-state index in [0.717, 1.165) is 25.7 Å². The molecule has 0 saturated heterocycles. The molecule has 0 aromatic heterocycles. The van der Waals surface area contributed by atoms with Gasteiger partial charge in [0.15, 0.2) is 23.0 Å². The molecule has 0 spiro atoms. The Morgan fingerprint density at radius 3 is 1.85 bits per heavy atom. The van der Waals surface area contributed by atoms with E-state index < -0.39 is 0 Å². The average molecular weight is 455 g/mol. The van der Waals surface area contributed by atoms with E-state index in [-0.39, 0.29) is 17.9 Å². The first kappa shape index (κ1) is 22.8. The third-order valence-corrected chi connectivity index (χ3v) is 5.50. The van der Waals surface area contributed by atoms with Gasteiger partial charge in [-0.05, 0) is 42.8 Å². The van der Waals surface area contributed by atoms with Gasteiger partial charge in [0.05, 0.1) is 26.4 Å². The van der Waals surface area contributed by atoms with Gasteiger partial charge in [-0.25, -0.2) is 0 Å². The summed E-state index contributed by atoms with van der Waals surface area (Å²) in [6.45, 7) is 4.67. The minimum atomic E-state index is -0.225. The van der Waals surface area contributed by atoms with Crippen LogP contribution in [0.2, 0.25) is 0 Å². The molecule has 0 bridgehead atoms. The number of carbonyl (C=O) groups is 2. The molecule has 176 valence electrons. The number of nitrogens with one attached hydrogen (secondary N) is 2. The molecule has 2 amide bonds. The molecule has 33 heavy (non-hydrogen) atoms. The van der Waals surface area contributed by atoms with Crippen molar-refractivity contribution in [2.24, 2.45) is 0 Å². The fraction of sp³-hybridized carbons (Fsp3) is 0.440. The van der Waals surface area contributed by atoms with Gasteiger partial charge in [-0.3, -0.25) is 9.59 Å². The van der Waals surface area contributed by atoms with Crippen LogP contribution < -0.4 is 29.6 Å². The fourth-order valence-electron chi connectivity index (χ4n) is 3.77. The Hall–Kier alpha value is -3.42. The molecular weight excluding hydrogens is 424 g/mol. The van der Waals surface area contributed by atoms with Crippen molar-refractivity contribution in [3.63, 3.8) is 0 Å². The van der Waals surface area contributed by atoms with Crippen LogP contribution in [-0.4, -0.2) is 50.8 Å². The van der Waals surface area contributed by atoms with Crippen molar-refractivity contribution in [3.8, 4) is 23.0 Å². The highest BCUT2D eigenvalue weighted by Gasteiger charge is 2.19. The average Bonchev–Trinajstić information content (AvgIpc) is 3.21. The molecule has 0 aliphatic carbocycles. The molecule has 2 aliphatic heterocycles. The fourth-order valence-corrected chi connectivity index (χ4v) is 3.77. The summed E-state index contributed by atoms with van der Waals surface area (Å²) in [5, 5.41) is 5.95. The number of hydrogen-bond donors (Lipinski definition) is 2. The van der Waals surface area contributed by atoms with Crippen molar-refractivity contribution < 1.29 is 28.5 Å². The van der Waals surface area contributed by atoms with E-state index in [2.05, 4.69) is 10.6 Å². The maximum Gasteiger partial charge on any atom is 0.251 e. The summed E-state index contributed by atoms with van der Waals surface area (Å²) < 4.78 is 22.6. The van der Waals surface area contributed by atoms with Gasteiger partial charge in [0, 0.05) is 36.6 Å². The molecule has 1 atom stereocenters. The summed E-state index contributed by atoms with van der Waals surface area (Å²) in [6, 6.07) is 10.1. The summed E-state index contributed by atoms with van der Waals surface area (Å²) in [5.74, 6) is 2.01. The largest absolute Gasteiger partial charge is 0.490 e. The summed E-state index contributed by atoms with van der Waals surface area (Å²) in [5.41, 5.74) is 0.985. The van der Waals surface area contributed by atoms with E-state index in [4.69, 9.17) is 18.9 Å². The first-order valence-corrected chi connectivity index (χ1v) is 11.5. The zero-order valence-corrected chi connectivity index (χ0v) is 18.9. The molecule has 2 aromatic rings. The molecule has 2 aliphatic rings. The minimum absolute atomic E-state index is 0.206. The van der Waals surface area contributed by atoms with E-state index in [1.165, 1.54) is 0 Å². The molecule has 0 radical (unpaired) electrons. The van der Waals surface area contributed by atoms with Crippen LogP contribution in [0.3, 0.4) is 0 Å². The Morgan fingerprint density at radius 2 is 1.30 bits per heavy atom. The van der Waals surface area contributed by atoms with Crippen LogP contribution in [0, 0.1) is 0 Å². The SMILES string of the molecule is CCCC(CNC(=O)c1ccc2c(c1)OCCCO2)NC(=O)c1ccc2c(c1)OCCCO2. The summed E-state index contributed by atoms with van der Waals surface area (Å²) in [4.78, 5) is 25.6. The van der Waals surface area contributed by atoms with Crippen molar-refractivity contribution in [2.75, 3.05) is 33.0 Å². The molecular formula is C25H30N2O6. The predicted molar refractivity (Wildman–Crippen MR) is 123 cm³/mol. The monoisotopic (exact) mass is 454 g/mol. The number of fused-ring (bicyclic) bond motifs is 2. The molecule has 8 nitrogen and oxygen atoms in total. The first-order valence-electron chi connectivity index (χ1n) is 11.5. The number of ether oxygens (including phenoxy) is 4. The van der Waals surface area contributed by atoms with Crippen LogP contribution in [-0.2, 0) is 0 Å². The van der Waals surface area contributed by atoms with Gasteiger partial charge in [0.25, 0.3) is 11.8 Å². The third kappa shape index (κ3) is 5.88.